The Morgan fingerprint density at radius 1 is 0.951 bits per heavy atom. The van der Waals surface area contributed by atoms with Crippen molar-refractivity contribution in [3.8, 4) is 17.1 Å². The maximum atomic E-state index is 13.3. The highest BCUT2D eigenvalue weighted by Crippen LogP contribution is 2.32. The lowest BCUT2D eigenvalue weighted by Crippen LogP contribution is -2.44. The molecule has 0 aliphatic carbocycles. The molecular weight excluding hydrogens is 516 g/mol. The van der Waals surface area contributed by atoms with E-state index in [1.54, 1.807) is 37.2 Å². The van der Waals surface area contributed by atoms with E-state index in [1.807, 2.05) is 30.3 Å². The predicted molar refractivity (Wildman–Crippen MR) is 163 cm³/mol. The second-order valence-electron chi connectivity index (χ2n) is 10.2. The van der Waals surface area contributed by atoms with Crippen LogP contribution in [0, 0.1) is 0 Å². The van der Waals surface area contributed by atoms with Crippen LogP contribution in [0.4, 0.5) is 23.0 Å². The Labute approximate surface area is 241 Å². The molecule has 4 aromatic rings. The summed E-state index contributed by atoms with van der Waals surface area (Å²) >= 11 is 0. The fourth-order valence-electron chi connectivity index (χ4n) is 5.11. The Hall–Kier alpha value is -4.44. The van der Waals surface area contributed by atoms with Gasteiger partial charge in [0, 0.05) is 56.9 Å². The highest BCUT2D eigenvalue weighted by molar-refractivity contribution is 6.04. The fraction of sp³-hybridized carbons (Fsp3) is 0.355. The number of aromatic nitrogens is 4. The molecule has 5 rings (SSSR count). The van der Waals surface area contributed by atoms with Crippen molar-refractivity contribution in [1.29, 1.82) is 0 Å². The van der Waals surface area contributed by atoms with Crippen LogP contribution in [0.3, 0.4) is 0 Å². The number of benzene rings is 2. The van der Waals surface area contributed by atoms with Crippen LogP contribution in [0.1, 0.15) is 35.5 Å². The van der Waals surface area contributed by atoms with E-state index in [0.29, 0.717) is 28.8 Å². The van der Waals surface area contributed by atoms with Crippen molar-refractivity contribution in [2.45, 2.75) is 26.7 Å². The number of amides is 1. The van der Waals surface area contributed by atoms with Crippen LogP contribution >= 0.6 is 0 Å². The normalized spacial score (nSPS) is 13.7. The largest absolute Gasteiger partial charge is 0.494 e. The Balaban J connectivity index is 1.34. The standard InChI is InChI=1S/C31H38N8O2/c1-6-21-9-8-10-22(7-2)29(21)35-30(40)27-20-26(36-38(27)4)24-13-14-32-31(33-24)34-25-12-11-23(19-28(25)41-5)39-17-15-37(3)16-18-39/h8-14,19-20H,6-7,15-18H2,1-5H3,(H,35,40)(H,32,33,34). The molecule has 2 N–H and O–H groups in total. The highest BCUT2D eigenvalue weighted by atomic mass is 16.5. The number of carbonyl (C=O) groups is 1. The first kappa shape index (κ1) is 28.1. The SMILES string of the molecule is CCc1cccc(CC)c1NC(=O)c1cc(-c2ccnc(Nc3ccc(N4CCN(C)CC4)cc3OC)n2)nn1C. The molecule has 1 fully saturated rings. The number of anilines is 4. The van der Waals surface area contributed by atoms with E-state index in [4.69, 9.17) is 4.74 Å². The summed E-state index contributed by atoms with van der Waals surface area (Å²) in [6, 6.07) is 15.8. The number of para-hydroxylation sites is 1. The van der Waals surface area contributed by atoms with Crippen molar-refractivity contribution in [2.24, 2.45) is 7.05 Å². The fourth-order valence-corrected chi connectivity index (χ4v) is 5.11. The molecular formula is C31H38N8O2. The summed E-state index contributed by atoms with van der Waals surface area (Å²) in [6.45, 7) is 8.20. The second kappa shape index (κ2) is 12.4. The van der Waals surface area contributed by atoms with Gasteiger partial charge in [-0.1, -0.05) is 32.0 Å². The number of methoxy groups -OCH3 is 1. The molecule has 3 heterocycles. The van der Waals surface area contributed by atoms with Crippen LogP contribution in [0.2, 0.25) is 0 Å². The maximum Gasteiger partial charge on any atom is 0.273 e. The molecule has 0 saturated carbocycles. The topological polar surface area (TPSA) is 100 Å². The number of hydrogen-bond donors (Lipinski definition) is 2. The van der Waals surface area contributed by atoms with Gasteiger partial charge in [-0.25, -0.2) is 9.97 Å². The molecule has 1 amide bonds. The lowest BCUT2D eigenvalue weighted by atomic mass is 10.0. The zero-order valence-corrected chi connectivity index (χ0v) is 24.4. The number of aryl methyl sites for hydroxylation is 3. The molecule has 41 heavy (non-hydrogen) atoms. The van der Waals surface area contributed by atoms with Crippen molar-refractivity contribution >= 4 is 28.9 Å². The van der Waals surface area contributed by atoms with Gasteiger partial charge in [0.2, 0.25) is 5.95 Å². The zero-order valence-electron chi connectivity index (χ0n) is 24.4. The van der Waals surface area contributed by atoms with Gasteiger partial charge in [0.05, 0.1) is 18.5 Å². The Kier molecular flexibility index (Phi) is 8.49. The van der Waals surface area contributed by atoms with Gasteiger partial charge < -0.3 is 25.2 Å². The van der Waals surface area contributed by atoms with Crippen molar-refractivity contribution in [1.82, 2.24) is 24.6 Å². The molecule has 1 aliphatic heterocycles. The minimum absolute atomic E-state index is 0.209. The number of carbonyl (C=O) groups excluding carboxylic acids is 1. The van der Waals surface area contributed by atoms with E-state index in [-0.39, 0.29) is 5.91 Å². The molecule has 0 bridgehead atoms. The summed E-state index contributed by atoms with van der Waals surface area (Å²) in [7, 11) is 5.57. The van der Waals surface area contributed by atoms with Gasteiger partial charge in [0.1, 0.15) is 17.1 Å². The Morgan fingerprint density at radius 2 is 1.68 bits per heavy atom. The van der Waals surface area contributed by atoms with Crippen LogP contribution in [-0.4, -0.2) is 70.9 Å². The molecule has 2 aromatic heterocycles. The van der Waals surface area contributed by atoms with Gasteiger partial charge in [-0.15, -0.1) is 0 Å². The molecule has 1 aliphatic rings. The van der Waals surface area contributed by atoms with Gasteiger partial charge in [0.15, 0.2) is 0 Å². The first-order valence-electron chi connectivity index (χ1n) is 14.1. The summed E-state index contributed by atoms with van der Waals surface area (Å²) in [5, 5.41) is 11.0. The first-order chi connectivity index (χ1) is 19.9. The lowest BCUT2D eigenvalue weighted by Gasteiger charge is -2.34. The number of likely N-dealkylation sites (N-methyl/N-ethyl adjacent to an activating group) is 1. The van der Waals surface area contributed by atoms with Crippen LogP contribution in [0.15, 0.2) is 54.7 Å². The number of hydrogen-bond acceptors (Lipinski definition) is 8. The summed E-state index contributed by atoms with van der Waals surface area (Å²) in [5.41, 5.74) is 6.63. The van der Waals surface area contributed by atoms with Gasteiger partial charge in [-0.3, -0.25) is 9.48 Å². The van der Waals surface area contributed by atoms with Gasteiger partial charge in [-0.05, 0) is 55.3 Å². The number of nitrogens with one attached hydrogen (secondary N) is 2. The quantitative estimate of drug-likeness (QED) is 0.306. The number of nitrogens with zero attached hydrogens (tertiary/aromatic N) is 6. The predicted octanol–water partition coefficient (Wildman–Crippen LogP) is 4.76. The highest BCUT2D eigenvalue weighted by Gasteiger charge is 2.19. The monoisotopic (exact) mass is 554 g/mol. The minimum Gasteiger partial charge on any atom is -0.494 e. The summed E-state index contributed by atoms with van der Waals surface area (Å²) in [4.78, 5) is 27.1. The number of ether oxygens (including phenoxy) is 1. The molecule has 10 nitrogen and oxygen atoms in total. The zero-order chi connectivity index (χ0) is 28.9. The van der Waals surface area contributed by atoms with Crippen molar-refractivity contribution in [2.75, 3.05) is 55.9 Å². The van der Waals surface area contributed by atoms with Crippen LogP contribution < -0.4 is 20.3 Å². The number of rotatable bonds is 9. The third-order valence-electron chi connectivity index (χ3n) is 7.57. The molecule has 1 saturated heterocycles. The average Bonchev–Trinajstić information content (AvgIpc) is 3.39. The summed E-state index contributed by atoms with van der Waals surface area (Å²) in [5.74, 6) is 0.916. The first-order valence-corrected chi connectivity index (χ1v) is 14.1. The van der Waals surface area contributed by atoms with E-state index in [0.717, 1.165) is 67.2 Å². The van der Waals surface area contributed by atoms with E-state index >= 15 is 0 Å². The van der Waals surface area contributed by atoms with Gasteiger partial charge >= 0.3 is 0 Å². The molecule has 0 atom stereocenters. The lowest BCUT2D eigenvalue weighted by molar-refractivity contribution is 0.101. The van der Waals surface area contributed by atoms with Gasteiger partial charge in [-0.2, -0.15) is 5.10 Å². The summed E-state index contributed by atoms with van der Waals surface area (Å²) in [6.07, 6.45) is 3.34. The van der Waals surface area contributed by atoms with Crippen LogP contribution in [-0.2, 0) is 19.9 Å². The number of piperazine rings is 1. The van der Waals surface area contributed by atoms with Crippen LogP contribution in [0.5, 0.6) is 5.75 Å². The third-order valence-corrected chi connectivity index (χ3v) is 7.57. The maximum absolute atomic E-state index is 13.3. The summed E-state index contributed by atoms with van der Waals surface area (Å²) < 4.78 is 7.28. The van der Waals surface area contributed by atoms with Crippen molar-refractivity contribution in [3.05, 3.63) is 71.5 Å². The van der Waals surface area contributed by atoms with Crippen LogP contribution in [0.25, 0.3) is 11.4 Å². The van der Waals surface area contributed by atoms with Gasteiger partial charge in [0.25, 0.3) is 5.91 Å². The van der Waals surface area contributed by atoms with E-state index in [2.05, 4.69) is 62.5 Å². The molecule has 0 unspecified atom stereocenters. The minimum atomic E-state index is -0.209. The Morgan fingerprint density at radius 3 is 2.37 bits per heavy atom. The molecule has 214 valence electrons. The van der Waals surface area contributed by atoms with Crippen molar-refractivity contribution < 1.29 is 9.53 Å². The third kappa shape index (κ3) is 6.17. The average molecular weight is 555 g/mol. The van der Waals surface area contributed by atoms with Crippen molar-refractivity contribution in [3.63, 3.8) is 0 Å². The molecule has 10 heteroatoms. The molecule has 0 radical (unpaired) electrons. The molecule has 2 aromatic carbocycles. The van der Waals surface area contributed by atoms with E-state index in [1.165, 1.54) is 0 Å². The second-order valence-corrected chi connectivity index (χ2v) is 10.2. The van der Waals surface area contributed by atoms with E-state index in [9.17, 15) is 4.79 Å². The Bertz CT molecular complexity index is 1500. The smallest absolute Gasteiger partial charge is 0.273 e. The molecule has 0 spiro atoms. The van der Waals surface area contributed by atoms with E-state index < -0.39 is 0 Å².